The van der Waals surface area contributed by atoms with Gasteiger partial charge in [-0.2, -0.15) is 0 Å². The summed E-state index contributed by atoms with van der Waals surface area (Å²) in [5, 5.41) is 32.9. The van der Waals surface area contributed by atoms with E-state index in [1.165, 1.54) is 0 Å². The lowest BCUT2D eigenvalue weighted by Crippen LogP contribution is -2.71. The summed E-state index contributed by atoms with van der Waals surface area (Å²) in [5.41, 5.74) is 1.42. The molecule has 1 aliphatic carbocycles. The van der Waals surface area contributed by atoms with Crippen LogP contribution in [-0.2, 0) is 38.8 Å². The summed E-state index contributed by atoms with van der Waals surface area (Å²) >= 11 is 0. The lowest BCUT2D eigenvalue weighted by atomic mass is 9.71. The van der Waals surface area contributed by atoms with Crippen LogP contribution < -0.4 is 0 Å². The van der Waals surface area contributed by atoms with Gasteiger partial charge in [-0.25, -0.2) is 0 Å². The summed E-state index contributed by atoms with van der Waals surface area (Å²) in [7, 11) is 0. The fourth-order valence-electron chi connectivity index (χ4n) is 5.39. The minimum Gasteiger partial charge on any atom is -0.390 e. The molecule has 38 heavy (non-hydrogen) atoms. The molecule has 3 aromatic carbocycles. The van der Waals surface area contributed by atoms with E-state index in [0.717, 1.165) is 16.7 Å². The Morgan fingerprint density at radius 1 is 0.711 bits per heavy atom. The molecule has 0 spiro atoms. The number of ether oxygens (including phenoxy) is 4. The Morgan fingerprint density at radius 3 is 1.82 bits per heavy atom. The van der Waals surface area contributed by atoms with E-state index >= 15 is 0 Å². The Morgan fingerprint density at radius 2 is 1.24 bits per heavy atom. The van der Waals surface area contributed by atoms with Crippen LogP contribution in [0.1, 0.15) is 29.5 Å². The molecule has 1 heterocycles. The summed E-state index contributed by atoms with van der Waals surface area (Å²) in [6, 6.07) is 29.4. The van der Waals surface area contributed by atoms with Gasteiger partial charge in [0.2, 0.25) is 0 Å². The maximum absolute atomic E-state index is 12.0. The molecular weight excluding hydrogens is 484 g/mol. The first kappa shape index (κ1) is 27.0. The second kappa shape index (κ2) is 12.5. The van der Waals surface area contributed by atoms with Crippen molar-refractivity contribution in [2.75, 3.05) is 6.61 Å². The highest BCUT2D eigenvalue weighted by Gasteiger charge is 2.60. The molecule has 0 bridgehead atoms. The Kier molecular flexibility index (Phi) is 8.86. The van der Waals surface area contributed by atoms with Crippen LogP contribution in [0.5, 0.6) is 0 Å². The third kappa shape index (κ3) is 6.33. The van der Waals surface area contributed by atoms with Gasteiger partial charge in [0.25, 0.3) is 0 Å². The van der Waals surface area contributed by atoms with Gasteiger partial charge in [0.05, 0.1) is 44.7 Å². The van der Waals surface area contributed by atoms with Crippen LogP contribution in [0.3, 0.4) is 0 Å². The SMILES string of the molecule is O[C@@H]1C[C@@]2(O)C(C[C@@H]1O)O[C@H](COCc1ccccc1)[C@@H](OCc1ccccc1)[C@@H]2OCc1ccccc1. The van der Waals surface area contributed by atoms with Gasteiger partial charge in [-0.3, -0.25) is 0 Å². The predicted octanol–water partition coefficient (Wildman–Crippen LogP) is 3.39. The normalized spacial score (nSPS) is 31.0. The fourth-order valence-corrected chi connectivity index (χ4v) is 5.39. The molecule has 3 aromatic rings. The molecule has 1 aliphatic heterocycles. The topological polar surface area (TPSA) is 97.6 Å². The molecule has 7 atom stereocenters. The van der Waals surface area contributed by atoms with Crippen LogP contribution in [0.2, 0.25) is 0 Å². The summed E-state index contributed by atoms with van der Waals surface area (Å²) in [6.07, 6.45) is -4.90. The highest BCUT2D eigenvalue weighted by Crippen LogP contribution is 2.43. The zero-order valence-electron chi connectivity index (χ0n) is 21.3. The quantitative estimate of drug-likeness (QED) is 0.377. The molecule has 2 fully saturated rings. The van der Waals surface area contributed by atoms with E-state index in [-0.39, 0.29) is 26.1 Å². The number of aliphatic hydroxyl groups excluding tert-OH is 2. The molecular formula is C31H36O7. The molecule has 5 rings (SSSR count). The minimum atomic E-state index is -1.55. The van der Waals surface area contributed by atoms with E-state index in [2.05, 4.69) is 0 Å². The molecule has 3 N–H and O–H groups in total. The molecule has 202 valence electrons. The highest BCUT2D eigenvalue weighted by atomic mass is 16.6. The van der Waals surface area contributed by atoms with Gasteiger partial charge in [0, 0.05) is 12.8 Å². The fraction of sp³-hybridized carbons (Fsp3) is 0.419. The van der Waals surface area contributed by atoms with E-state index in [1.807, 2.05) is 91.0 Å². The van der Waals surface area contributed by atoms with Gasteiger partial charge in [0.1, 0.15) is 23.9 Å². The predicted molar refractivity (Wildman–Crippen MR) is 141 cm³/mol. The Bertz CT molecular complexity index is 1110. The largest absolute Gasteiger partial charge is 0.390 e. The van der Waals surface area contributed by atoms with E-state index in [1.54, 1.807) is 0 Å². The van der Waals surface area contributed by atoms with Crippen molar-refractivity contribution >= 4 is 0 Å². The summed E-state index contributed by atoms with van der Waals surface area (Å²) in [6.45, 7) is 1.16. The van der Waals surface area contributed by atoms with Crippen molar-refractivity contribution in [1.82, 2.24) is 0 Å². The molecule has 1 unspecified atom stereocenters. The lowest BCUT2D eigenvalue weighted by Gasteiger charge is -2.55. The number of benzene rings is 3. The average Bonchev–Trinajstić information content (AvgIpc) is 2.94. The summed E-state index contributed by atoms with van der Waals surface area (Å²) in [4.78, 5) is 0. The first-order valence-electron chi connectivity index (χ1n) is 13.2. The minimum absolute atomic E-state index is 0.0823. The summed E-state index contributed by atoms with van der Waals surface area (Å²) in [5.74, 6) is 0. The van der Waals surface area contributed by atoms with E-state index in [0.29, 0.717) is 13.2 Å². The molecule has 0 radical (unpaired) electrons. The van der Waals surface area contributed by atoms with Gasteiger partial charge in [-0.1, -0.05) is 91.0 Å². The number of rotatable bonds is 10. The van der Waals surface area contributed by atoms with Crippen molar-refractivity contribution in [2.45, 2.75) is 74.9 Å². The van der Waals surface area contributed by atoms with Gasteiger partial charge in [-0.15, -0.1) is 0 Å². The van der Waals surface area contributed by atoms with Crippen molar-refractivity contribution in [2.24, 2.45) is 0 Å². The van der Waals surface area contributed by atoms with Crippen LogP contribution in [0.4, 0.5) is 0 Å². The Labute approximate surface area is 223 Å². The average molecular weight is 521 g/mol. The molecule has 1 saturated carbocycles. The van der Waals surface area contributed by atoms with Crippen molar-refractivity contribution in [3.8, 4) is 0 Å². The van der Waals surface area contributed by atoms with E-state index in [4.69, 9.17) is 18.9 Å². The summed E-state index contributed by atoms with van der Waals surface area (Å²) < 4.78 is 25.3. The van der Waals surface area contributed by atoms with Gasteiger partial charge in [-0.05, 0) is 16.7 Å². The Hall–Kier alpha value is -2.62. The smallest absolute Gasteiger partial charge is 0.122 e. The van der Waals surface area contributed by atoms with E-state index < -0.39 is 42.2 Å². The zero-order valence-corrected chi connectivity index (χ0v) is 21.3. The maximum Gasteiger partial charge on any atom is 0.122 e. The van der Waals surface area contributed by atoms with Crippen LogP contribution >= 0.6 is 0 Å². The standard InChI is InChI=1S/C31H36O7/c32-25-16-28-31(34,17-26(25)33)30(37-20-24-14-8-3-9-15-24)29(36-19-23-12-6-2-7-13-23)27(38-28)21-35-18-22-10-4-1-5-11-22/h1-15,25-30,32-34H,16-21H2/t25-,26+,27+,28?,29+,30-,31+/m0/s1. The number of fused-ring (bicyclic) bond motifs is 1. The molecule has 7 heteroatoms. The van der Waals surface area contributed by atoms with Crippen molar-refractivity contribution in [3.05, 3.63) is 108 Å². The Balaban J connectivity index is 1.40. The van der Waals surface area contributed by atoms with Gasteiger partial charge < -0.3 is 34.3 Å². The first-order chi connectivity index (χ1) is 18.5. The number of hydrogen-bond donors (Lipinski definition) is 3. The second-order valence-electron chi connectivity index (χ2n) is 10.2. The third-order valence-electron chi connectivity index (χ3n) is 7.44. The molecule has 0 aromatic heterocycles. The number of hydrogen-bond acceptors (Lipinski definition) is 7. The molecule has 0 amide bonds. The highest BCUT2D eigenvalue weighted by molar-refractivity contribution is 5.17. The monoisotopic (exact) mass is 520 g/mol. The molecule has 1 saturated heterocycles. The lowest BCUT2D eigenvalue weighted by molar-refractivity contribution is -0.322. The van der Waals surface area contributed by atoms with Gasteiger partial charge >= 0.3 is 0 Å². The van der Waals surface area contributed by atoms with Crippen LogP contribution in [0.15, 0.2) is 91.0 Å². The van der Waals surface area contributed by atoms with Crippen LogP contribution in [0, 0.1) is 0 Å². The van der Waals surface area contributed by atoms with Crippen molar-refractivity contribution in [3.63, 3.8) is 0 Å². The van der Waals surface area contributed by atoms with Crippen LogP contribution in [-0.4, -0.2) is 64.2 Å². The van der Waals surface area contributed by atoms with Crippen molar-refractivity contribution < 1.29 is 34.3 Å². The number of aliphatic hydroxyl groups is 3. The van der Waals surface area contributed by atoms with Gasteiger partial charge in [0.15, 0.2) is 0 Å². The second-order valence-corrected chi connectivity index (χ2v) is 10.2. The zero-order chi connectivity index (χ0) is 26.4. The molecule has 2 aliphatic rings. The first-order valence-corrected chi connectivity index (χ1v) is 13.2. The maximum atomic E-state index is 12.0. The van der Waals surface area contributed by atoms with Crippen molar-refractivity contribution in [1.29, 1.82) is 0 Å². The third-order valence-corrected chi connectivity index (χ3v) is 7.44. The van der Waals surface area contributed by atoms with E-state index in [9.17, 15) is 15.3 Å². The molecule has 7 nitrogen and oxygen atoms in total. The van der Waals surface area contributed by atoms with Crippen LogP contribution in [0.25, 0.3) is 0 Å².